The minimum absolute atomic E-state index is 0.118. The number of methoxy groups -OCH3 is 1. The average Bonchev–Trinajstić information content (AvgIpc) is 2.85. The van der Waals surface area contributed by atoms with Gasteiger partial charge in [0.15, 0.2) is 0 Å². The van der Waals surface area contributed by atoms with E-state index in [4.69, 9.17) is 15.2 Å². The number of nitrogen functional groups attached to an aromatic ring is 1. The van der Waals surface area contributed by atoms with Gasteiger partial charge >= 0.3 is 5.69 Å². The van der Waals surface area contributed by atoms with Crippen molar-refractivity contribution in [1.82, 2.24) is 9.55 Å². The standard InChI is InChI=1S/C13H19N3O4/c1-7-5-16(12(18)15-10(7)14)11-8-3-4-13(20-11,6-19-2)9(8)17/h5,8-9,11,17H,3-4,6H2,1-2H3,(H2,14,15,18)/t8?,9?,11-,13-/m1/s1. The molecule has 1 aliphatic heterocycles. The van der Waals surface area contributed by atoms with Gasteiger partial charge in [0.2, 0.25) is 0 Å². The third kappa shape index (κ3) is 1.77. The van der Waals surface area contributed by atoms with Crippen molar-refractivity contribution in [2.75, 3.05) is 19.5 Å². The summed E-state index contributed by atoms with van der Waals surface area (Å²) in [6, 6.07) is 0. The van der Waals surface area contributed by atoms with E-state index in [0.717, 1.165) is 12.8 Å². The molecule has 0 aromatic carbocycles. The smallest absolute Gasteiger partial charge is 0.351 e. The largest absolute Gasteiger partial charge is 0.390 e. The number of hydrogen-bond donors (Lipinski definition) is 2. The summed E-state index contributed by atoms with van der Waals surface area (Å²) < 4.78 is 12.6. The fraction of sp³-hybridized carbons (Fsp3) is 0.692. The molecule has 4 atom stereocenters. The third-order valence-corrected chi connectivity index (χ3v) is 4.40. The lowest BCUT2D eigenvalue weighted by atomic mass is 10.0. The monoisotopic (exact) mass is 281 g/mol. The second kappa shape index (κ2) is 4.54. The summed E-state index contributed by atoms with van der Waals surface area (Å²) in [5.74, 6) is 0.106. The number of aliphatic hydroxyl groups is 1. The highest BCUT2D eigenvalue weighted by atomic mass is 16.6. The zero-order chi connectivity index (χ0) is 14.5. The van der Waals surface area contributed by atoms with Crippen LogP contribution >= 0.6 is 0 Å². The van der Waals surface area contributed by atoms with E-state index in [0.29, 0.717) is 12.2 Å². The fourth-order valence-electron chi connectivity index (χ4n) is 3.32. The molecule has 0 radical (unpaired) electrons. The van der Waals surface area contributed by atoms with E-state index in [1.807, 2.05) is 0 Å². The molecule has 1 saturated heterocycles. The summed E-state index contributed by atoms with van der Waals surface area (Å²) in [5.41, 5.74) is 5.18. The van der Waals surface area contributed by atoms with Crippen molar-refractivity contribution in [3.63, 3.8) is 0 Å². The van der Waals surface area contributed by atoms with Crippen molar-refractivity contribution in [3.8, 4) is 0 Å². The van der Waals surface area contributed by atoms with Crippen molar-refractivity contribution in [1.29, 1.82) is 0 Å². The molecule has 1 aromatic rings. The zero-order valence-electron chi connectivity index (χ0n) is 11.6. The lowest BCUT2D eigenvalue weighted by Gasteiger charge is -2.31. The van der Waals surface area contributed by atoms with Gasteiger partial charge in [-0.25, -0.2) is 4.79 Å². The van der Waals surface area contributed by atoms with Crippen LogP contribution in [0.25, 0.3) is 0 Å². The molecule has 1 aromatic heterocycles. The summed E-state index contributed by atoms with van der Waals surface area (Å²) in [4.78, 5) is 15.8. The van der Waals surface area contributed by atoms with Crippen LogP contribution in [0, 0.1) is 12.8 Å². The SMILES string of the molecule is COC[C@]12CCC(C1O)[C@H](n1cc(C)c(N)nc1=O)O2. The van der Waals surface area contributed by atoms with Crippen LogP contribution in [-0.4, -0.2) is 40.1 Å². The van der Waals surface area contributed by atoms with Crippen molar-refractivity contribution in [2.45, 2.75) is 37.7 Å². The van der Waals surface area contributed by atoms with E-state index < -0.39 is 23.6 Å². The van der Waals surface area contributed by atoms with Crippen LogP contribution in [0.2, 0.25) is 0 Å². The van der Waals surface area contributed by atoms with Gasteiger partial charge in [0.1, 0.15) is 17.6 Å². The Kier molecular flexibility index (Phi) is 3.07. The highest BCUT2D eigenvalue weighted by Gasteiger charge is 2.60. The molecular formula is C13H19N3O4. The van der Waals surface area contributed by atoms with Gasteiger partial charge in [-0.2, -0.15) is 4.98 Å². The quantitative estimate of drug-likeness (QED) is 0.797. The number of nitrogens with two attached hydrogens (primary N) is 1. The first-order valence-electron chi connectivity index (χ1n) is 6.68. The summed E-state index contributed by atoms with van der Waals surface area (Å²) in [5, 5.41) is 10.4. The Morgan fingerprint density at radius 2 is 2.45 bits per heavy atom. The molecule has 3 N–H and O–H groups in total. The zero-order valence-corrected chi connectivity index (χ0v) is 11.6. The van der Waals surface area contributed by atoms with Crippen molar-refractivity contribution in [2.24, 2.45) is 5.92 Å². The van der Waals surface area contributed by atoms with E-state index in [1.54, 1.807) is 20.2 Å². The van der Waals surface area contributed by atoms with Gasteiger partial charge in [-0.15, -0.1) is 0 Å². The van der Waals surface area contributed by atoms with Gasteiger partial charge in [-0.1, -0.05) is 0 Å². The molecule has 7 heteroatoms. The molecule has 2 heterocycles. The number of ether oxygens (including phenoxy) is 2. The van der Waals surface area contributed by atoms with Gasteiger partial charge in [-0.3, -0.25) is 4.57 Å². The Balaban J connectivity index is 1.98. The molecule has 2 fully saturated rings. The van der Waals surface area contributed by atoms with E-state index in [2.05, 4.69) is 4.98 Å². The Labute approximate surface area is 116 Å². The number of aliphatic hydroxyl groups excluding tert-OH is 1. The van der Waals surface area contributed by atoms with Crippen LogP contribution in [0.1, 0.15) is 24.6 Å². The molecule has 1 saturated carbocycles. The van der Waals surface area contributed by atoms with E-state index >= 15 is 0 Å². The Bertz CT molecular complexity index is 587. The summed E-state index contributed by atoms with van der Waals surface area (Å²) in [6.07, 6.45) is 2.04. The van der Waals surface area contributed by atoms with Gasteiger partial charge in [-0.05, 0) is 19.8 Å². The average molecular weight is 281 g/mol. The van der Waals surface area contributed by atoms with Crippen molar-refractivity contribution < 1.29 is 14.6 Å². The predicted octanol–water partition coefficient (Wildman–Crippen LogP) is -0.181. The lowest BCUT2D eigenvalue weighted by Crippen LogP contribution is -2.41. The first-order valence-corrected chi connectivity index (χ1v) is 6.68. The Morgan fingerprint density at radius 1 is 1.70 bits per heavy atom. The number of aryl methyl sites for hydroxylation is 1. The summed E-state index contributed by atoms with van der Waals surface area (Å²) in [6.45, 7) is 2.10. The second-order valence-electron chi connectivity index (χ2n) is 5.65. The van der Waals surface area contributed by atoms with E-state index in [-0.39, 0.29) is 11.7 Å². The van der Waals surface area contributed by atoms with Crippen LogP contribution in [0.3, 0.4) is 0 Å². The molecule has 0 spiro atoms. The predicted molar refractivity (Wildman–Crippen MR) is 71.1 cm³/mol. The first-order chi connectivity index (χ1) is 9.48. The van der Waals surface area contributed by atoms with Crippen molar-refractivity contribution in [3.05, 3.63) is 22.2 Å². The molecule has 2 bridgehead atoms. The molecule has 1 aliphatic carbocycles. The third-order valence-electron chi connectivity index (χ3n) is 4.40. The molecule has 7 nitrogen and oxygen atoms in total. The van der Waals surface area contributed by atoms with Crippen LogP contribution < -0.4 is 11.4 Å². The normalized spacial score (nSPS) is 35.6. The minimum atomic E-state index is -0.710. The number of anilines is 1. The second-order valence-corrected chi connectivity index (χ2v) is 5.65. The van der Waals surface area contributed by atoms with Gasteiger partial charge in [0.25, 0.3) is 0 Å². The molecule has 2 aliphatic rings. The number of aromatic nitrogens is 2. The topological polar surface area (TPSA) is 99.6 Å². The molecule has 20 heavy (non-hydrogen) atoms. The van der Waals surface area contributed by atoms with E-state index in [1.165, 1.54) is 4.57 Å². The maximum absolute atomic E-state index is 12.0. The van der Waals surface area contributed by atoms with Crippen molar-refractivity contribution >= 4 is 5.82 Å². The first kappa shape index (κ1) is 13.5. The lowest BCUT2D eigenvalue weighted by molar-refractivity contribution is -0.146. The molecule has 2 unspecified atom stereocenters. The van der Waals surface area contributed by atoms with Crippen LogP contribution in [0.5, 0.6) is 0 Å². The van der Waals surface area contributed by atoms with E-state index in [9.17, 15) is 9.90 Å². The maximum Gasteiger partial charge on any atom is 0.351 e. The van der Waals surface area contributed by atoms with Gasteiger partial charge < -0.3 is 20.3 Å². The summed E-state index contributed by atoms with van der Waals surface area (Å²) >= 11 is 0. The van der Waals surface area contributed by atoms with Gasteiger partial charge in [0, 0.05) is 24.8 Å². The van der Waals surface area contributed by atoms with Gasteiger partial charge in [0.05, 0.1) is 12.7 Å². The van der Waals surface area contributed by atoms with Crippen LogP contribution in [0.4, 0.5) is 5.82 Å². The number of hydrogen-bond acceptors (Lipinski definition) is 6. The Morgan fingerprint density at radius 3 is 3.15 bits per heavy atom. The Hall–Kier alpha value is -1.44. The van der Waals surface area contributed by atoms with Crippen LogP contribution in [0.15, 0.2) is 11.0 Å². The molecular weight excluding hydrogens is 262 g/mol. The number of rotatable bonds is 3. The summed E-state index contributed by atoms with van der Waals surface area (Å²) in [7, 11) is 1.58. The minimum Gasteiger partial charge on any atom is -0.390 e. The highest BCUT2D eigenvalue weighted by Crippen LogP contribution is 2.52. The molecule has 3 rings (SSSR count). The maximum atomic E-state index is 12.0. The number of fused-ring (bicyclic) bond motifs is 2. The van der Waals surface area contributed by atoms with Crippen LogP contribution in [-0.2, 0) is 9.47 Å². The molecule has 110 valence electrons. The highest BCUT2D eigenvalue weighted by molar-refractivity contribution is 5.35. The number of nitrogens with zero attached hydrogens (tertiary/aromatic N) is 2. The fourth-order valence-corrected chi connectivity index (χ4v) is 3.32. The molecule has 0 amide bonds.